The fourth-order valence-electron chi connectivity index (χ4n) is 2.78. The minimum Gasteiger partial charge on any atom is -0.493 e. The minimum atomic E-state index is -0.521. The average Bonchev–Trinajstić information content (AvgIpc) is 2.72. The Morgan fingerprint density at radius 2 is 1.93 bits per heavy atom. The number of aromatic hydroxyl groups is 1. The molecule has 0 aliphatic rings. The van der Waals surface area contributed by atoms with E-state index >= 15 is 0 Å². The fraction of sp³-hybridized carbons (Fsp3) is 0.190. The summed E-state index contributed by atoms with van der Waals surface area (Å²) in [7, 11) is 0. The lowest BCUT2D eigenvalue weighted by molar-refractivity contribution is 0.412. The number of pyridine rings is 2. The molecular weight excluding hydrogens is 354 g/mol. The Bertz CT molecular complexity index is 1110. The van der Waals surface area contributed by atoms with Crippen LogP contribution >= 0.6 is 0 Å². The number of nitrogens with zero attached hydrogens (tertiary/aromatic N) is 5. The van der Waals surface area contributed by atoms with Crippen molar-refractivity contribution >= 4 is 11.4 Å². The molecule has 0 bridgehead atoms. The summed E-state index contributed by atoms with van der Waals surface area (Å²) in [4.78, 5) is 16.9. The zero-order chi connectivity index (χ0) is 20.1. The summed E-state index contributed by atoms with van der Waals surface area (Å²) >= 11 is 0. The van der Waals surface area contributed by atoms with E-state index in [0.717, 1.165) is 11.0 Å². The van der Waals surface area contributed by atoms with Gasteiger partial charge in [-0.05, 0) is 42.7 Å². The highest BCUT2D eigenvalue weighted by atomic mass is 16.3. The van der Waals surface area contributed by atoms with Gasteiger partial charge in [-0.2, -0.15) is 10.4 Å². The van der Waals surface area contributed by atoms with Crippen LogP contribution in [0.25, 0.3) is 0 Å². The Balaban J connectivity index is 2.07. The van der Waals surface area contributed by atoms with Crippen LogP contribution in [0.3, 0.4) is 0 Å². The lowest BCUT2D eigenvalue weighted by Gasteiger charge is -2.12. The molecule has 0 radical (unpaired) electrons. The number of aromatic nitrogens is 2. The van der Waals surface area contributed by atoms with Gasteiger partial charge in [0.1, 0.15) is 11.6 Å². The summed E-state index contributed by atoms with van der Waals surface area (Å²) in [6.07, 6.45) is 4.12. The van der Waals surface area contributed by atoms with Crippen molar-refractivity contribution in [3.8, 4) is 11.9 Å². The molecule has 0 unspecified atom stereocenters. The Kier molecular flexibility index (Phi) is 5.61. The Morgan fingerprint density at radius 3 is 2.54 bits per heavy atom. The topological polar surface area (TPSA) is 104 Å². The second kappa shape index (κ2) is 8.27. The third-order valence-electron chi connectivity index (χ3n) is 4.44. The van der Waals surface area contributed by atoms with Gasteiger partial charge in [0.15, 0.2) is 5.69 Å². The van der Waals surface area contributed by atoms with Crippen molar-refractivity contribution in [3.63, 3.8) is 0 Å². The average molecular weight is 373 g/mol. The Morgan fingerprint density at radius 1 is 1.18 bits per heavy atom. The molecule has 7 nitrogen and oxygen atoms in total. The van der Waals surface area contributed by atoms with Crippen LogP contribution in [0, 0.1) is 18.3 Å². The van der Waals surface area contributed by atoms with Gasteiger partial charge in [-0.25, -0.2) is 0 Å². The van der Waals surface area contributed by atoms with E-state index in [4.69, 9.17) is 0 Å². The molecular formula is C21H19N5O2. The molecule has 0 atom stereocenters. The van der Waals surface area contributed by atoms with Gasteiger partial charge in [0, 0.05) is 18.0 Å². The van der Waals surface area contributed by atoms with Crippen LogP contribution in [0.2, 0.25) is 0 Å². The monoisotopic (exact) mass is 373 g/mol. The maximum Gasteiger partial charge on any atom is 0.281 e. The van der Waals surface area contributed by atoms with Gasteiger partial charge in [0.05, 0.1) is 12.2 Å². The van der Waals surface area contributed by atoms with Gasteiger partial charge in [0.2, 0.25) is 5.88 Å². The molecule has 0 saturated heterocycles. The highest BCUT2D eigenvalue weighted by Crippen LogP contribution is 2.27. The van der Waals surface area contributed by atoms with Crippen molar-refractivity contribution in [2.75, 3.05) is 0 Å². The SMILES string of the molecule is CCc1ccc(N=Nc2c(C)c(C#N)c(O)n(Cc3cccnc3)c2=O)cc1. The third-order valence-corrected chi connectivity index (χ3v) is 4.44. The predicted molar refractivity (Wildman–Crippen MR) is 105 cm³/mol. The molecule has 3 rings (SSSR count). The standard InChI is InChI=1S/C21H19N5O2/c1-3-15-6-8-17(9-7-15)24-25-19-14(2)18(11-22)20(27)26(21(19)28)13-16-5-4-10-23-12-16/h4-10,12,27H,3,13H2,1-2H3. The first-order chi connectivity index (χ1) is 13.5. The molecule has 0 fully saturated rings. The lowest BCUT2D eigenvalue weighted by Crippen LogP contribution is -2.22. The highest BCUT2D eigenvalue weighted by molar-refractivity contribution is 5.57. The second-order valence-electron chi connectivity index (χ2n) is 6.26. The predicted octanol–water partition coefficient (Wildman–Crippen LogP) is 4.16. The number of hydrogen-bond donors (Lipinski definition) is 1. The van der Waals surface area contributed by atoms with Crippen molar-refractivity contribution in [2.45, 2.75) is 26.8 Å². The van der Waals surface area contributed by atoms with Gasteiger partial charge in [-0.3, -0.25) is 14.3 Å². The summed E-state index contributed by atoms with van der Waals surface area (Å²) < 4.78 is 1.11. The normalized spacial score (nSPS) is 10.9. The highest BCUT2D eigenvalue weighted by Gasteiger charge is 2.19. The van der Waals surface area contributed by atoms with Crippen molar-refractivity contribution in [1.29, 1.82) is 5.26 Å². The molecule has 28 heavy (non-hydrogen) atoms. The first kappa shape index (κ1) is 19.0. The lowest BCUT2D eigenvalue weighted by atomic mass is 10.1. The Hall–Kier alpha value is -3.79. The van der Waals surface area contributed by atoms with Crippen molar-refractivity contribution in [2.24, 2.45) is 10.2 Å². The number of azo groups is 1. The van der Waals surface area contributed by atoms with Gasteiger partial charge in [-0.15, -0.1) is 5.11 Å². The Labute approximate surface area is 162 Å². The number of nitriles is 1. The molecule has 2 heterocycles. The van der Waals surface area contributed by atoms with Crippen LogP contribution in [0.1, 0.15) is 29.2 Å². The zero-order valence-electron chi connectivity index (χ0n) is 15.6. The van der Waals surface area contributed by atoms with Gasteiger partial charge in [-0.1, -0.05) is 25.1 Å². The number of rotatable bonds is 5. The van der Waals surface area contributed by atoms with E-state index < -0.39 is 5.56 Å². The number of hydrogen-bond acceptors (Lipinski definition) is 6. The fourth-order valence-corrected chi connectivity index (χ4v) is 2.78. The van der Waals surface area contributed by atoms with Gasteiger partial charge >= 0.3 is 0 Å². The van der Waals surface area contributed by atoms with Crippen LogP contribution in [-0.2, 0) is 13.0 Å². The molecule has 0 saturated carbocycles. The van der Waals surface area contributed by atoms with Crippen molar-refractivity contribution in [1.82, 2.24) is 9.55 Å². The third kappa shape index (κ3) is 3.81. The molecule has 3 aromatic rings. The molecule has 1 aromatic carbocycles. The maximum absolute atomic E-state index is 12.9. The molecule has 0 aliphatic carbocycles. The van der Waals surface area contributed by atoms with E-state index in [1.54, 1.807) is 31.5 Å². The largest absolute Gasteiger partial charge is 0.493 e. The molecule has 2 aromatic heterocycles. The van der Waals surface area contributed by atoms with E-state index in [9.17, 15) is 15.2 Å². The number of benzene rings is 1. The molecule has 0 amide bonds. The smallest absolute Gasteiger partial charge is 0.281 e. The minimum absolute atomic E-state index is 0.00114. The van der Waals surface area contributed by atoms with Gasteiger partial charge < -0.3 is 5.11 Å². The van der Waals surface area contributed by atoms with Crippen molar-refractivity contribution < 1.29 is 5.11 Å². The van der Waals surface area contributed by atoms with E-state index in [1.807, 2.05) is 30.3 Å². The van der Waals surface area contributed by atoms with Crippen molar-refractivity contribution in [3.05, 3.63) is 81.4 Å². The van der Waals surface area contributed by atoms with Crippen LogP contribution in [-0.4, -0.2) is 14.7 Å². The quantitative estimate of drug-likeness (QED) is 0.678. The van der Waals surface area contributed by atoms with E-state index in [0.29, 0.717) is 16.8 Å². The summed E-state index contributed by atoms with van der Waals surface area (Å²) in [5.74, 6) is -0.389. The summed E-state index contributed by atoms with van der Waals surface area (Å²) in [5, 5.41) is 28.1. The molecule has 1 N–H and O–H groups in total. The van der Waals surface area contributed by atoms with Crippen LogP contribution in [0.15, 0.2) is 63.8 Å². The zero-order valence-corrected chi connectivity index (χ0v) is 15.6. The summed E-state index contributed by atoms with van der Waals surface area (Å²) in [6, 6.07) is 13.0. The van der Waals surface area contributed by atoms with Gasteiger partial charge in [0.25, 0.3) is 5.56 Å². The first-order valence-electron chi connectivity index (χ1n) is 8.81. The maximum atomic E-state index is 12.9. The molecule has 7 heteroatoms. The molecule has 0 spiro atoms. The molecule has 140 valence electrons. The summed E-state index contributed by atoms with van der Waals surface area (Å²) in [5.41, 5.74) is 2.28. The summed E-state index contributed by atoms with van der Waals surface area (Å²) in [6.45, 7) is 3.70. The van der Waals surface area contributed by atoms with E-state index in [-0.39, 0.29) is 23.7 Å². The second-order valence-corrected chi connectivity index (χ2v) is 6.26. The number of aryl methyl sites for hydroxylation is 1. The first-order valence-corrected chi connectivity index (χ1v) is 8.81. The van der Waals surface area contributed by atoms with E-state index in [1.165, 1.54) is 5.56 Å². The molecule has 0 aliphatic heterocycles. The van der Waals surface area contributed by atoms with Crippen LogP contribution < -0.4 is 5.56 Å². The van der Waals surface area contributed by atoms with Crippen LogP contribution in [0.4, 0.5) is 11.4 Å². The van der Waals surface area contributed by atoms with Crippen LogP contribution in [0.5, 0.6) is 5.88 Å². The van der Waals surface area contributed by atoms with E-state index in [2.05, 4.69) is 22.1 Å².